The van der Waals surface area contributed by atoms with Gasteiger partial charge in [-0.25, -0.2) is 0 Å². The first-order chi connectivity index (χ1) is 10.8. The Balaban J connectivity index is 0.00000264. The monoisotopic (exact) mass is 430 g/mol. The second kappa shape index (κ2) is 11.7. The summed E-state index contributed by atoms with van der Waals surface area (Å²) in [5.74, 6) is 1.66. The van der Waals surface area contributed by atoms with Crippen molar-refractivity contribution in [1.82, 2.24) is 15.5 Å². The number of hydrogen-bond acceptors (Lipinski definition) is 2. The quantitative estimate of drug-likeness (QED) is 0.414. The van der Waals surface area contributed by atoms with Gasteiger partial charge in [0.1, 0.15) is 0 Å². The van der Waals surface area contributed by atoms with Crippen molar-refractivity contribution in [2.75, 3.05) is 39.8 Å². The average molecular weight is 430 g/mol. The zero-order valence-electron chi connectivity index (χ0n) is 14.4. The molecular formula is C18H31IN4. The van der Waals surface area contributed by atoms with Gasteiger partial charge in [-0.1, -0.05) is 37.3 Å². The van der Waals surface area contributed by atoms with Crippen LogP contribution in [-0.4, -0.2) is 50.6 Å². The molecule has 1 aliphatic heterocycles. The van der Waals surface area contributed by atoms with E-state index in [0.717, 1.165) is 31.4 Å². The van der Waals surface area contributed by atoms with Gasteiger partial charge in [0.25, 0.3) is 0 Å². The zero-order chi connectivity index (χ0) is 15.6. The van der Waals surface area contributed by atoms with Crippen molar-refractivity contribution in [3.05, 3.63) is 35.9 Å². The van der Waals surface area contributed by atoms with Gasteiger partial charge in [-0.05, 0) is 43.8 Å². The number of aliphatic imine (C=N–C) groups is 1. The molecule has 1 unspecified atom stereocenters. The van der Waals surface area contributed by atoms with Gasteiger partial charge in [-0.2, -0.15) is 0 Å². The highest BCUT2D eigenvalue weighted by Gasteiger charge is 2.18. The van der Waals surface area contributed by atoms with Crippen LogP contribution in [0.3, 0.4) is 0 Å². The Morgan fingerprint density at radius 2 is 2.04 bits per heavy atom. The summed E-state index contributed by atoms with van der Waals surface area (Å²) in [6.45, 7) is 7.82. The average Bonchev–Trinajstić information content (AvgIpc) is 2.59. The molecule has 1 fully saturated rings. The highest BCUT2D eigenvalue weighted by molar-refractivity contribution is 14.0. The molecule has 0 amide bonds. The molecule has 1 aromatic rings. The normalized spacial score (nSPS) is 19.0. The summed E-state index contributed by atoms with van der Waals surface area (Å²) in [5, 5.41) is 6.89. The number of rotatable bonds is 6. The van der Waals surface area contributed by atoms with Crippen LogP contribution in [0.4, 0.5) is 0 Å². The van der Waals surface area contributed by atoms with Crippen LogP contribution in [0.1, 0.15) is 25.3 Å². The second-order valence-electron chi connectivity index (χ2n) is 6.02. The molecule has 0 radical (unpaired) electrons. The molecule has 1 saturated heterocycles. The van der Waals surface area contributed by atoms with Gasteiger partial charge in [0.15, 0.2) is 5.96 Å². The molecule has 0 bridgehead atoms. The maximum Gasteiger partial charge on any atom is 0.190 e. The third kappa shape index (κ3) is 7.52. The Morgan fingerprint density at radius 1 is 1.26 bits per heavy atom. The topological polar surface area (TPSA) is 39.7 Å². The van der Waals surface area contributed by atoms with E-state index in [0.29, 0.717) is 0 Å². The third-order valence-electron chi connectivity index (χ3n) is 4.38. The zero-order valence-corrected chi connectivity index (χ0v) is 16.8. The molecule has 1 aliphatic rings. The molecule has 0 aliphatic carbocycles. The van der Waals surface area contributed by atoms with E-state index in [1.807, 2.05) is 7.05 Å². The number of hydrogen-bond donors (Lipinski definition) is 2. The summed E-state index contributed by atoms with van der Waals surface area (Å²) in [4.78, 5) is 6.87. The Labute approximate surface area is 158 Å². The molecule has 1 heterocycles. The minimum absolute atomic E-state index is 0. The van der Waals surface area contributed by atoms with Crippen LogP contribution in [-0.2, 0) is 6.42 Å². The predicted molar refractivity (Wildman–Crippen MR) is 110 cm³/mol. The van der Waals surface area contributed by atoms with Gasteiger partial charge >= 0.3 is 0 Å². The summed E-state index contributed by atoms with van der Waals surface area (Å²) >= 11 is 0. The van der Waals surface area contributed by atoms with Gasteiger partial charge in [0.2, 0.25) is 0 Å². The van der Waals surface area contributed by atoms with E-state index in [4.69, 9.17) is 0 Å². The lowest BCUT2D eigenvalue weighted by atomic mass is 9.98. The Morgan fingerprint density at radius 3 is 2.74 bits per heavy atom. The van der Waals surface area contributed by atoms with Crippen molar-refractivity contribution in [2.45, 2.75) is 26.2 Å². The fourth-order valence-electron chi connectivity index (χ4n) is 3.04. The van der Waals surface area contributed by atoms with Gasteiger partial charge in [0, 0.05) is 26.7 Å². The fraction of sp³-hybridized carbons (Fsp3) is 0.611. The largest absolute Gasteiger partial charge is 0.356 e. The first-order valence-corrected chi connectivity index (χ1v) is 8.52. The highest BCUT2D eigenvalue weighted by Crippen LogP contribution is 2.14. The molecule has 130 valence electrons. The summed E-state index contributed by atoms with van der Waals surface area (Å²) in [6.07, 6.45) is 3.67. The van der Waals surface area contributed by atoms with Crippen molar-refractivity contribution in [1.29, 1.82) is 0 Å². The van der Waals surface area contributed by atoms with Crippen LogP contribution in [0.2, 0.25) is 0 Å². The van der Waals surface area contributed by atoms with Crippen molar-refractivity contribution in [3.63, 3.8) is 0 Å². The number of piperidine rings is 1. The number of likely N-dealkylation sites (tertiary alicyclic amines) is 1. The Hall–Kier alpha value is -0.820. The van der Waals surface area contributed by atoms with E-state index in [9.17, 15) is 0 Å². The summed E-state index contributed by atoms with van der Waals surface area (Å²) in [7, 11) is 1.84. The standard InChI is InChI=1S/C18H30N4.HI/c1-3-22-13-7-10-17(15-22)14-21-18(19-2)20-12-11-16-8-5-4-6-9-16;/h4-6,8-9,17H,3,7,10-15H2,1-2H3,(H2,19,20,21);1H. The van der Waals surface area contributed by atoms with Crippen LogP contribution < -0.4 is 10.6 Å². The lowest BCUT2D eigenvalue weighted by molar-refractivity contribution is 0.183. The minimum Gasteiger partial charge on any atom is -0.356 e. The van der Waals surface area contributed by atoms with Crippen molar-refractivity contribution in [2.24, 2.45) is 10.9 Å². The van der Waals surface area contributed by atoms with Crippen molar-refractivity contribution in [3.8, 4) is 0 Å². The van der Waals surface area contributed by atoms with E-state index in [1.54, 1.807) is 0 Å². The van der Waals surface area contributed by atoms with Gasteiger partial charge in [-0.3, -0.25) is 4.99 Å². The summed E-state index contributed by atoms with van der Waals surface area (Å²) in [5.41, 5.74) is 1.36. The van der Waals surface area contributed by atoms with Crippen molar-refractivity contribution >= 4 is 29.9 Å². The molecule has 4 nitrogen and oxygen atoms in total. The van der Waals surface area contributed by atoms with E-state index in [1.165, 1.54) is 38.0 Å². The maximum atomic E-state index is 4.32. The van der Waals surface area contributed by atoms with Gasteiger partial charge in [-0.15, -0.1) is 24.0 Å². The molecule has 2 N–H and O–H groups in total. The number of nitrogens with one attached hydrogen (secondary N) is 2. The second-order valence-corrected chi connectivity index (χ2v) is 6.02. The smallest absolute Gasteiger partial charge is 0.190 e. The van der Waals surface area contributed by atoms with Gasteiger partial charge < -0.3 is 15.5 Å². The lowest BCUT2D eigenvalue weighted by Gasteiger charge is -2.32. The van der Waals surface area contributed by atoms with Crippen LogP contribution in [0.25, 0.3) is 0 Å². The number of guanidine groups is 1. The number of nitrogens with zero attached hydrogens (tertiary/aromatic N) is 2. The Kier molecular flexibility index (Phi) is 10.3. The number of benzene rings is 1. The number of halogens is 1. The third-order valence-corrected chi connectivity index (χ3v) is 4.38. The van der Waals surface area contributed by atoms with Gasteiger partial charge in [0.05, 0.1) is 0 Å². The molecule has 23 heavy (non-hydrogen) atoms. The highest BCUT2D eigenvalue weighted by atomic mass is 127. The summed E-state index contributed by atoms with van der Waals surface area (Å²) in [6, 6.07) is 10.6. The summed E-state index contributed by atoms with van der Waals surface area (Å²) < 4.78 is 0. The predicted octanol–water partition coefficient (Wildman–Crippen LogP) is 2.74. The van der Waals surface area contributed by atoms with Crippen molar-refractivity contribution < 1.29 is 0 Å². The van der Waals surface area contributed by atoms with E-state index < -0.39 is 0 Å². The Bertz CT molecular complexity index is 450. The first-order valence-electron chi connectivity index (χ1n) is 8.52. The molecule has 2 rings (SSSR count). The molecular weight excluding hydrogens is 399 g/mol. The molecule has 0 saturated carbocycles. The minimum atomic E-state index is 0. The van der Waals surface area contributed by atoms with E-state index in [-0.39, 0.29) is 24.0 Å². The van der Waals surface area contributed by atoms with Crippen LogP contribution >= 0.6 is 24.0 Å². The first kappa shape index (κ1) is 20.2. The van der Waals surface area contributed by atoms with E-state index in [2.05, 4.69) is 57.8 Å². The molecule has 5 heteroatoms. The maximum absolute atomic E-state index is 4.32. The molecule has 1 aromatic carbocycles. The molecule has 1 atom stereocenters. The van der Waals surface area contributed by atoms with E-state index >= 15 is 0 Å². The van der Waals surface area contributed by atoms with Crippen LogP contribution in [0, 0.1) is 5.92 Å². The fourth-order valence-corrected chi connectivity index (χ4v) is 3.04. The van der Waals surface area contributed by atoms with Crippen LogP contribution in [0.5, 0.6) is 0 Å². The lowest BCUT2D eigenvalue weighted by Crippen LogP contribution is -2.44. The van der Waals surface area contributed by atoms with Crippen LogP contribution in [0.15, 0.2) is 35.3 Å². The SMILES string of the molecule is CCN1CCCC(CNC(=NC)NCCc2ccccc2)C1.I. The molecule has 0 aromatic heterocycles. The molecule has 0 spiro atoms.